The van der Waals surface area contributed by atoms with Crippen LogP contribution in [0.4, 0.5) is 5.00 Å². The topological polar surface area (TPSA) is 88.8 Å². The average molecular weight is 295 g/mol. The lowest BCUT2D eigenvalue weighted by Crippen LogP contribution is -2.17. The van der Waals surface area contributed by atoms with Crippen LogP contribution in [0.25, 0.3) is 11.3 Å². The molecule has 2 aromatic heterocycles. The number of carbonyl (C=O) groups excluding carboxylic acids is 2. The molecule has 2 aromatic rings. The van der Waals surface area contributed by atoms with E-state index in [9.17, 15) is 9.59 Å². The standard InChI is InChI=1S/C13H13NO5S/c1-2-18-13(17)11-8(9-4-3-5-19-9)7-20-12(11)14-10(16)6-15/h3-5,7,15H,2,6H2,1H3,(H,14,16). The van der Waals surface area contributed by atoms with E-state index in [1.807, 2.05) is 0 Å². The third kappa shape index (κ3) is 2.89. The first-order valence-corrected chi connectivity index (χ1v) is 6.78. The molecule has 0 aromatic carbocycles. The van der Waals surface area contributed by atoms with Crippen LogP contribution >= 0.6 is 11.3 Å². The number of nitrogens with one attached hydrogen (secondary N) is 1. The highest BCUT2D eigenvalue weighted by molar-refractivity contribution is 7.15. The van der Waals surface area contributed by atoms with Crippen LogP contribution in [0, 0.1) is 0 Å². The van der Waals surface area contributed by atoms with Crippen LogP contribution in [-0.2, 0) is 9.53 Å². The Balaban J connectivity index is 2.42. The number of ether oxygens (including phenoxy) is 1. The van der Waals surface area contributed by atoms with Gasteiger partial charge in [0.15, 0.2) is 0 Å². The number of rotatable bonds is 5. The first-order valence-electron chi connectivity index (χ1n) is 5.90. The van der Waals surface area contributed by atoms with Gasteiger partial charge in [-0.15, -0.1) is 11.3 Å². The third-order valence-electron chi connectivity index (χ3n) is 2.45. The Kier molecular flexibility index (Phi) is 4.54. The minimum atomic E-state index is -0.656. The zero-order chi connectivity index (χ0) is 14.5. The fourth-order valence-corrected chi connectivity index (χ4v) is 2.59. The molecule has 0 bridgehead atoms. The second-order valence-electron chi connectivity index (χ2n) is 3.76. The quantitative estimate of drug-likeness (QED) is 0.825. The molecular weight excluding hydrogens is 282 g/mol. The number of esters is 1. The van der Waals surface area contributed by atoms with E-state index in [1.54, 1.807) is 24.4 Å². The van der Waals surface area contributed by atoms with Gasteiger partial charge in [-0.2, -0.15) is 0 Å². The molecule has 0 aliphatic heterocycles. The molecule has 0 spiro atoms. The van der Waals surface area contributed by atoms with E-state index >= 15 is 0 Å². The molecule has 0 aliphatic rings. The Morgan fingerprint density at radius 1 is 1.50 bits per heavy atom. The van der Waals surface area contributed by atoms with Crippen molar-refractivity contribution in [2.24, 2.45) is 0 Å². The molecular formula is C13H13NO5S. The van der Waals surface area contributed by atoms with Crippen LogP contribution < -0.4 is 5.32 Å². The Labute approximate surface area is 119 Å². The molecule has 2 rings (SSSR count). The summed E-state index contributed by atoms with van der Waals surface area (Å²) in [6, 6.07) is 3.41. The molecule has 1 amide bonds. The van der Waals surface area contributed by atoms with Gasteiger partial charge in [0.1, 0.15) is 22.9 Å². The maximum Gasteiger partial charge on any atom is 0.341 e. The molecule has 0 saturated heterocycles. The van der Waals surface area contributed by atoms with Crippen LogP contribution in [0.3, 0.4) is 0 Å². The maximum atomic E-state index is 12.0. The van der Waals surface area contributed by atoms with Crippen LogP contribution in [0.1, 0.15) is 17.3 Å². The summed E-state index contributed by atoms with van der Waals surface area (Å²) in [4.78, 5) is 23.3. The van der Waals surface area contributed by atoms with Gasteiger partial charge in [0.2, 0.25) is 0 Å². The van der Waals surface area contributed by atoms with E-state index in [1.165, 1.54) is 17.6 Å². The normalized spacial score (nSPS) is 10.3. The van der Waals surface area contributed by atoms with Crippen LogP contribution in [0.15, 0.2) is 28.2 Å². The van der Waals surface area contributed by atoms with Crippen molar-refractivity contribution in [2.75, 3.05) is 18.5 Å². The van der Waals surface area contributed by atoms with Gasteiger partial charge in [-0.25, -0.2) is 4.79 Å². The lowest BCUT2D eigenvalue weighted by atomic mass is 10.1. The van der Waals surface area contributed by atoms with Crippen molar-refractivity contribution in [1.82, 2.24) is 0 Å². The van der Waals surface area contributed by atoms with Crippen LogP contribution in [-0.4, -0.2) is 30.2 Å². The zero-order valence-electron chi connectivity index (χ0n) is 10.7. The summed E-state index contributed by atoms with van der Waals surface area (Å²) in [6.07, 6.45) is 1.49. The van der Waals surface area contributed by atoms with Crippen molar-refractivity contribution >= 4 is 28.2 Å². The van der Waals surface area contributed by atoms with E-state index in [0.29, 0.717) is 16.3 Å². The summed E-state index contributed by atoms with van der Waals surface area (Å²) in [6.45, 7) is 1.26. The average Bonchev–Trinajstić information content (AvgIpc) is 3.07. The number of thiophene rings is 1. The number of anilines is 1. The summed E-state index contributed by atoms with van der Waals surface area (Å²) < 4.78 is 10.3. The summed E-state index contributed by atoms with van der Waals surface area (Å²) in [5, 5.41) is 13.3. The van der Waals surface area contributed by atoms with Crippen molar-refractivity contribution in [3.05, 3.63) is 29.3 Å². The Bertz CT molecular complexity index is 602. The lowest BCUT2D eigenvalue weighted by Gasteiger charge is -2.06. The second-order valence-corrected chi connectivity index (χ2v) is 4.64. The van der Waals surface area contributed by atoms with Crippen LogP contribution in [0.2, 0.25) is 0 Å². The Morgan fingerprint density at radius 3 is 2.90 bits per heavy atom. The Hall–Kier alpha value is -2.12. The molecule has 2 N–H and O–H groups in total. The predicted molar refractivity (Wildman–Crippen MR) is 73.7 cm³/mol. The van der Waals surface area contributed by atoms with Crippen molar-refractivity contribution in [3.63, 3.8) is 0 Å². The van der Waals surface area contributed by atoms with E-state index in [0.717, 1.165) is 0 Å². The summed E-state index contributed by atoms with van der Waals surface area (Å²) in [5.74, 6) is -0.634. The molecule has 0 atom stereocenters. The minimum absolute atomic E-state index is 0.222. The second kappa shape index (κ2) is 6.36. The SMILES string of the molecule is CCOC(=O)c1c(-c2ccco2)csc1NC(=O)CO. The highest BCUT2D eigenvalue weighted by atomic mass is 32.1. The van der Waals surface area contributed by atoms with E-state index < -0.39 is 18.5 Å². The third-order valence-corrected chi connectivity index (χ3v) is 3.35. The molecule has 0 fully saturated rings. The number of hydrogen-bond donors (Lipinski definition) is 2. The predicted octanol–water partition coefficient (Wildman–Crippen LogP) is 2.12. The molecule has 0 unspecified atom stereocenters. The largest absolute Gasteiger partial charge is 0.464 e. The first-order chi connectivity index (χ1) is 9.67. The summed E-state index contributed by atoms with van der Waals surface area (Å²) in [5.41, 5.74) is 0.778. The highest BCUT2D eigenvalue weighted by Gasteiger charge is 2.23. The molecule has 2 heterocycles. The number of aliphatic hydroxyl groups is 1. The van der Waals surface area contributed by atoms with E-state index in [2.05, 4.69) is 5.32 Å². The zero-order valence-corrected chi connectivity index (χ0v) is 11.5. The van der Waals surface area contributed by atoms with Gasteiger partial charge in [-0.3, -0.25) is 4.79 Å². The minimum Gasteiger partial charge on any atom is -0.464 e. The van der Waals surface area contributed by atoms with Gasteiger partial charge in [0.25, 0.3) is 5.91 Å². The number of furan rings is 1. The highest BCUT2D eigenvalue weighted by Crippen LogP contribution is 2.36. The molecule has 0 aliphatic carbocycles. The van der Waals surface area contributed by atoms with Crippen molar-refractivity contribution < 1.29 is 23.8 Å². The van der Waals surface area contributed by atoms with Gasteiger partial charge < -0.3 is 19.6 Å². The van der Waals surface area contributed by atoms with Crippen LogP contribution in [0.5, 0.6) is 0 Å². The molecule has 0 radical (unpaired) electrons. The fourth-order valence-electron chi connectivity index (χ4n) is 1.64. The van der Waals surface area contributed by atoms with E-state index in [-0.39, 0.29) is 12.2 Å². The molecule has 106 valence electrons. The molecule has 0 saturated carbocycles. The summed E-state index contributed by atoms with van der Waals surface area (Å²) in [7, 11) is 0. The van der Waals surface area contributed by atoms with Crippen molar-refractivity contribution in [1.29, 1.82) is 0 Å². The Morgan fingerprint density at radius 2 is 2.30 bits per heavy atom. The molecule has 6 nitrogen and oxygen atoms in total. The molecule has 7 heteroatoms. The van der Waals surface area contributed by atoms with Crippen molar-refractivity contribution in [3.8, 4) is 11.3 Å². The number of hydrogen-bond acceptors (Lipinski definition) is 6. The monoisotopic (exact) mass is 295 g/mol. The van der Waals surface area contributed by atoms with Gasteiger partial charge in [0, 0.05) is 10.9 Å². The van der Waals surface area contributed by atoms with Gasteiger partial charge in [0.05, 0.1) is 12.9 Å². The summed E-state index contributed by atoms with van der Waals surface area (Å²) >= 11 is 1.17. The van der Waals surface area contributed by atoms with Gasteiger partial charge in [-0.1, -0.05) is 0 Å². The lowest BCUT2D eigenvalue weighted by molar-refractivity contribution is -0.118. The fraction of sp³-hybridized carbons (Fsp3) is 0.231. The van der Waals surface area contributed by atoms with Gasteiger partial charge in [-0.05, 0) is 19.1 Å². The van der Waals surface area contributed by atoms with Crippen molar-refractivity contribution in [2.45, 2.75) is 6.92 Å². The number of aliphatic hydroxyl groups excluding tert-OH is 1. The van der Waals surface area contributed by atoms with E-state index in [4.69, 9.17) is 14.3 Å². The first kappa shape index (κ1) is 14.3. The maximum absolute atomic E-state index is 12.0. The number of amides is 1. The molecule has 20 heavy (non-hydrogen) atoms. The number of carbonyl (C=O) groups is 2. The smallest absolute Gasteiger partial charge is 0.341 e. The van der Waals surface area contributed by atoms with Gasteiger partial charge >= 0.3 is 5.97 Å².